The van der Waals surface area contributed by atoms with E-state index in [2.05, 4.69) is 13.0 Å². The third kappa shape index (κ3) is 5.16. The van der Waals surface area contributed by atoms with Crippen LogP contribution in [0.1, 0.15) is 38.2 Å². The van der Waals surface area contributed by atoms with Crippen molar-refractivity contribution in [2.45, 2.75) is 37.6 Å². The average Bonchev–Trinajstić information content (AvgIpc) is 2.74. The number of pyridine rings is 1. The number of hydrogen-bond acceptors (Lipinski definition) is 3. The minimum Gasteiger partial charge on any atom is -0.240 e. The van der Waals surface area contributed by atoms with E-state index >= 15 is 0 Å². The van der Waals surface area contributed by atoms with Crippen LogP contribution < -0.4 is 0 Å². The Morgan fingerprint density at radius 2 is 1.71 bits per heavy atom. The van der Waals surface area contributed by atoms with Crippen molar-refractivity contribution in [1.29, 1.82) is 5.26 Å². The Balaban J connectivity index is 2.02. The number of nitriles is 1. The van der Waals surface area contributed by atoms with Crippen molar-refractivity contribution in [3.63, 3.8) is 0 Å². The molecule has 0 unspecified atom stereocenters. The van der Waals surface area contributed by atoms with Crippen molar-refractivity contribution in [3.8, 4) is 28.5 Å². The second kappa shape index (κ2) is 10.3. The monoisotopic (exact) mass is 406 g/mol. The van der Waals surface area contributed by atoms with Crippen LogP contribution in [0.25, 0.3) is 22.4 Å². The molecule has 0 aliphatic heterocycles. The smallest absolute Gasteiger partial charge is 0.115 e. The van der Waals surface area contributed by atoms with E-state index in [1.165, 1.54) is 19.3 Å². The summed E-state index contributed by atoms with van der Waals surface area (Å²) in [5.41, 5.74) is 4.48. The highest BCUT2D eigenvalue weighted by Crippen LogP contribution is 2.34. The first-order valence-electron chi connectivity index (χ1n) is 9.62. The van der Waals surface area contributed by atoms with Crippen LogP contribution in [0.15, 0.2) is 65.7 Å². The first-order chi connectivity index (χ1) is 13.7. The predicted molar refractivity (Wildman–Crippen MR) is 120 cm³/mol. The van der Waals surface area contributed by atoms with Crippen LogP contribution in [0.2, 0.25) is 5.02 Å². The Labute approximate surface area is 176 Å². The summed E-state index contributed by atoms with van der Waals surface area (Å²) in [6.07, 6.45) is 4.82. The minimum absolute atomic E-state index is 0.657. The summed E-state index contributed by atoms with van der Waals surface area (Å²) >= 11 is 7.73. The fraction of sp³-hybridized carbons (Fsp3) is 0.250. The number of aromatic nitrogens is 1. The van der Waals surface area contributed by atoms with E-state index in [0.29, 0.717) is 10.6 Å². The van der Waals surface area contributed by atoms with Gasteiger partial charge in [0.05, 0.1) is 11.3 Å². The maximum absolute atomic E-state index is 9.88. The molecular formula is C24H23ClN2S. The van der Waals surface area contributed by atoms with Crippen LogP contribution in [-0.2, 0) is 0 Å². The second-order valence-corrected chi connectivity index (χ2v) is 8.15. The zero-order chi connectivity index (χ0) is 19.8. The standard InChI is InChI=1S/C24H23ClN2S/c1-2-3-4-8-15-28-24-22(17-26)21(18-9-6-5-7-10-18)16-23(27-24)19-11-13-20(25)14-12-19/h5-7,9-14,16H,2-4,8,15H2,1H3. The van der Waals surface area contributed by atoms with E-state index in [-0.39, 0.29) is 0 Å². The fourth-order valence-corrected chi connectivity index (χ4v) is 4.18. The molecule has 4 heteroatoms. The van der Waals surface area contributed by atoms with Crippen molar-refractivity contribution in [3.05, 3.63) is 71.2 Å². The Hall–Kier alpha value is -2.28. The molecule has 142 valence electrons. The van der Waals surface area contributed by atoms with E-state index in [0.717, 1.165) is 39.6 Å². The van der Waals surface area contributed by atoms with Gasteiger partial charge in [0, 0.05) is 16.1 Å². The Morgan fingerprint density at radius 1 is 0.964 bits per heavy atom. The Morgan fingerprint density at radius 3 is 2.39 bits per heavy atom. The SMILES string of the molecule is CCCCCCSc1nc(-c2ccc(Cl)cc2)cc(-c2ccccc2)c1C#N. The molecule has 0 radical (unpaired) electrons. The number of nitrogens with zero attached hydrogens (tertiary/aromatic N) is 2. The van der Waals surface area contributed by atoms with Crippen molar-refractivity contribution in [1.82, 2.24) is 4.98 Å². The van der Waals surface area contributed by atoms with Crippen LogP contribution in [0.4, 0.5) is 0 Å². The van der Waals surface area contributed by atoms with Gasteiger partial charge in [-0.15, -0.1) is 11.8 Å². The molecule has 0 bridgehead atoms. The molecule has 2 nitrogen and oxygen atoms in total. The molecule has 2 aromatic carbocycles. The van der Waals surface area contributed by atoms with Gasteiger partial charge in [-0.1, -0.05) is 80.3 Å². The molecule has 0 spiro atoms. The lowest BCUT2D eigenvalue weighted by molar-refractivity contribution is 0.706. The lowest BCUT2D eigenvalue weighted by Crippen LogP contribution is -1.96. The lowest BCUT2D eigenvalue weighted by atomic mass is 9.99. The molecular weight excluding hydrogens is 384 g/mol. The summed E-state index contributed by atoms with van der Waals surface area (Å²) in [7, 11) is 0. The van der Waals surface area contributed by atoms with Crippen molar-refractivity contribution >= 4 is 23.4 Å². The van der Waals surface area contributed by atoms with E-state index in [4.69, 9.17) is 16.6 Å². The summed E-state index contributed by atoms with van der Waals surface area (Å²) < 4.78 is 0. The fourth-order valence-electron chi connectivity index (χ4n) is 3.05. The summed E-state index contributed by atoms with van der Waals surface area (Å²) in [6, 6.07) is 22.2. The third-order valence-electron chi connectivity index (χ3n) is 4.56. The predicted octanol–water partition coefficient (Wildman–Crippen LogP) is 7.61. The zero-order valence-electron chi connectivity index (χ0n) is 16.0. The van der Waals surface area contributed by atoms with Crippen molar-refractivity contribution < 1.29 is 0 Å². The maximum atomic E-state index is 9.88. The molecule has 0 amide bonds. The van der Waals surface area contributed by atoms with E-state index in [1.807, 2.05) is 60.7 Å². The van der Waals surface area contributed by atoms with Crippen LogP contribution in [-0.4, -0.2) is 10.7 Å². The molecule has 0 fully saturated rings. The van der Waals surface area contributed by atoms with Gasteiger partial charge in [0.25, 0.3) is 0 Å². The summed E-state index contributed by atoms with van der Waals surface area (Å²) in [6.45, 7) is 2.21. The number of rotatable bonds is 8. The van der Waals surface area contributed by atoms with E-state index in [9.17, 15) is 5.26 Å². The Kier molecular flexibility index (Phi) is 7.54. The first-order valence-corrected chi connectivity index (χ1v) is 11.0. The highest BCUT2D eigenvalue weighted by atomic mass is 35.5. The first kappa shape index (κ1) is 20.5. The molecule has 0 atom stereocenters. The van der Waals surface area contributed by atoms with Gasteiger partial charge in [0.15, 0.2) is 0 Å². The van der Waals surface area contributed by atoms with Crippen LogP contribution in [0.3, 0.4) is 0 Å². The van der Waals surface area contributed by atoms with E-state index in [1.54, 1.807) is 11.8 Å². The Bertz CT molecular complexity index is 947. The largest absolute Gasteiger partial charge is 0.240 e. The summed E-state index contributed by atoms with van der Waals surface area (Å²) in [5, 5.41) is 11.4. The second-order valence-electron chi connectivity index (χ2n) is 6.63. The number of unbranched alkanes of at least 4 members (excludes halogenated alkanes) is 3. The zero-order valence-corrected chi connectivity index (χ0v) is 17.6. The molecule has 0 aliphatic rings. The highest BCUT2D eigenvalue weighted by molar-refractivity contribution is 7.99. The van der Waals surface area contributed by atoms with Crippen molar-refractivity contribution in [2.24, 2.45) is 0 Å². The van der Waals surface area contributed by atoms with E-state index < -0.39 is 0 Å². The van der Waals surface area contributed by atoms with Gasteiger partial charge < -0.3 is 0 Å². The third-order valence-corrected chi connectivity index (χ3v) is 5.87. The molecule has 0 aliphatic carbocycles. The van der Waals surface area contributed by atoms with Gasteiger partial charge in [-0.3, -0.25) is 0 Å². The molecule has 0 saturated carbocycles. The number of hydrogen-bond donors (Lipinski definition) is 0. The highest BCUT2D eigenvalue weighted by Gasteiger charge is 2.15. The topological polar surface area (TPSA) is 36.7 Å². The molecule has 1 heterocycles. The van der Waals surface area contributed by atoms with Crippen LogP contribution in [0, 0.1) is 11.3 Å². The molecule has 0 saturated heterocycles. The normalized spacial score (nSPS) is 10.6. The molecule has 0 N–H and O–H groups in total. The summed E-state index contributed by atoms with van der Waals surface area (Å²) in [4.78, 5) is 4.84. The number of benzene rings is 2. The number of thioether (sulfide) groups is 1. The quantitative estimate of drug-likeness (QED) is 0.285. The van der Waals surface area contributed by atoms with Crippen LogP contribution in [0.5, 0.6) is 0 Å². The average molecular weight is 407 g/mol. The van der Waals surface area contributed by atoms with Gasteiger partial charge >= 0.3 is 0 Å². The molecule has 1 aromatic heterocycles. The molecule has 3 aromatic rings. The summed E-state index contributed by atoms with van der Waals surface area (Å²) in [5.74, 6) is 0.972. The van der Waals surface area contributed by atoms with Crippen LogP contribution >= 0.6 is 23.4 Å². The van der Waals surface area contributed by atoms with Gasteiger partial charge in [0.1, 0.15) is 11.1 Å². The van der Waals surface area contributed by atoms with Gasteiger partial charge in [-0.2, -0.15) is 5.26 Å². The lowest BCUT2D eigenvalue weighted by Gasteiger charge is -2.12. The molecule has 28 heavy (non-hydrogen) atoms. The molecule has 3 rings (SSSR count). The van der Waals surface area contributed by atoms with Gasteiger partial charge in [-0.05, 0) is 35.9 Å². The van der Waals surface area contributed by atoms with Gasteiger partial charge in [0.2, 0.25) is 0 Å². The maximum Gasteiger partial charge on any atom is 0.115 e. The van der Waals surface area contributed by atoms with Crippen molar-refractivity contribution in [2.75, 3.05) is 5.75 Å². The number of halogens is 1. The minimum atomic E-state index is 0.657. The van der Waals surface area contributed by atoms with Gasteiger partial charge in [-0.25, -0.2) is 4.98 Å².